The van der Waals surface area contributed by atoms with Crippen molar-refractivity contribution >= 4 is 23.5 Å². The minimum atomic E-state index is -4.95. The molecule has 9 heteroatoms. The standard InChI is InChI=1S/C14H11F3O6/c1-6(18)9(12(20)21)10(11(19)13(22)23)7-4-2-3-5-8(7)14(15,16)17/h2-5,9-10H,1H3,(H,20,21)(H,22,23). The summed E-state index contributed by atoms with van der Waals surface area (Å²) in [6.07, 6.45) is -4.95. The summed E-state index contributed by atoms with van der Waals surface area (Å²) in [6, 6.07) is 3.45. The fraction of sp³-hybridized carbons (Fsp3) is 0.286. The number of carboxylic acids is 2. The molecule has 23 heavy (non-hydrogen) atoms. The fourth-order valence-corrected chi connectivity index (χ4v) is 2.18. The lowest BCUT2D eigenvalue weighted by Crippen LogP contribution is -2.37. The summed E-state index contributed by atoms with van der Waals surface area (Å²) in [7, 11) is 0. The van der Waals surface area contributed by atoms with Gasteiger partial charge in [-0.05, 0) is 18.6 Å². The number of ketones is 2. The van der Waals surface area contributed by atoms with Gasteiger partial charge >= 0.3 is 18.1 Å². The van der Waals surface area contributed by atoms with E-state index in [1.165, 1.54) is 0 Å². The van der Waals surface area contributed by atoms with Crippen LogP contribution in [0.3, 0.4) is 0 Å². The van der Waals surface area contributed by atoms with Gasteiger partial charge in [-0.2, -0.15) is 13.2 Å². The third kappa shape index (κ3) is 3.93. The Morgan fingerprint density at radius 1 is 1.04 bits per heavy atom. The Hall–Kier alpha value is -2.71. The molecule has 0 aliphatic heterocycles. The zero-order valence-corrected chi connectivity index (χ0v) is 11.6. The molecule has 1 aromatic rings. The molecule has 0 saturated carbocycles. The summed E-state index contributed by atoms with van der Waals surface area (Å²) >= 11 is 0. The predicted molar refractivity (Wildman–Crippen MR) is 68.6 cm³/mol. The molecule has 2 N–H and O–H groups in total. The van der Waals surface area contributed by atoms with Gasteiger partial charge in [-0.25, -0.2) is 4.79 Å². The largest absolute Gasteiger partial charge is 0.481 e. The van der Waals surface area contributed by atoms with Gasteiger partial charge in [-0.3, -0.25) is 14.4 Å². The third-order valence-corrected chi connectivity index (χ3v) is 3.13. The number of rotatable bonds is 6. The van der Waals surface area contributed by atoms with Crippen LogP contribution in [-0.4, -0.2) is 33.7 Å². The van der Waals surface area contributed by atoms with Crippen LogP contribution in [0.25, 0.3) is 0 Å². The van der Waals surface area contributed by atoms with E-state index in [1.54, 1.807) is 0 Å². The van der Waals surface area contributed by atoms with Crippen molar-refractivity contribution in [1.29, 1.82) is 0 Å². The first-order valence-electron chi connectivity index (χ1n) is 6.15. The molecular weight excluding hydrogens is 321 g/mol. The second-order valence-corrected chi connectivity index (χ2v) is 4.66. The van der Waals surface area contributed by atoms with Crippen LogP contribution in [0.4, 0.5) is 13.2 Å². The quantitative estimate of drug-likeness (QED) is 0.606. The van der Waals surface area contributed by atoms with Crippen LogP contribution in [0, 0.1) is 5.92 Å². The number of carboxylic acid groups (broad SMARTS) is 2. The highest BCUT2D eigenvalue weighted by molar-refractivity contribution is 6.36. The number of Topliss-reactive ketones (excluding diaryl/α,β-unsaturated/α-hetero) is 2. The monoisotopic (exact) mass is 332 g/mol. The summed E-state index contributed by atoms with van der Waals surface area (Å²) in [5.74, 6) is -11.4. The van der Waals surface area contributed by atoms with Crippen molar-refractivity contribution in [3.8, 4) is 0 Å². The summed E-state index contributed by atoms with van der Waals surface area (Å²) < 4.78 is 39.1. The maximum atomic E-state index is 13.0. The lowest BCUT2D eigenvalue weighted by atomic mass is 9.78. The van der Waals surface area contributed by atoms with Crippen LogP contribution in [0.1, 0.15) is 24.0 Å². The molecule has 0 saturated heterocycles. The molecule has 0 radical (unpaired) electrons. The van der Waals surface area contributed by atoms with E-state index in [9.17, 15) is 32.3 Å². The predicted octanol–water partition coefficient (Wildman–Crippen LogP) is 1.73. The highest BCUT2D eigenvalue weighted by Gasteiger charge is 2.45. The fourth-order valence-electron chi connectivity index (χ4n) is 2.18. The molecule has 0 heterocycles. The number of hydrogen-bond donors (Lipinski definition) is 2. The molecule has 0 aliphatic rings. The van der Waals surface area contributed by atoms with Gasteiger partial charge in [-0.1, -0.05) is 18.2 Å². The number of halogens is 3. The van der Waals surface area contributed by atoms with E-state index in [1.807, 2.05) is 0 Å². The number of alkyl halides is 3. The van der Waals surface area contributed by atoms with Gasteiger partial charge in [0.15, 0.2) is 0 Å². The van der Waals surface area contributed by atoms with Crippen LogP contribution in [0.15, 0.2) is 24.3 Å². The van der Waals surface area contributed by atoms with Crippen molar-refractivity contribution in [3.05, 3.63) is 35.4 Å². The number of aliphatic carboxylic acids is 2. The zero-order valence-electron chi connectivity index (χ0n) is 11.6. The Morgan fingerprint density at radius 3 is 1.96 bits per heavy atom. The van der Waals surface area contributed by atoms with Crippen LogP contribution in [0.5, 0.6) is 0 Å². The van der Waals surface area contributed by atoms with Gasteiger partial charge in [0.1, 0.15) is 11.7 Å². The van der Waals surface area contributed by atoms with E-state index in [-0.39, 0.29) is 0 Å². The van der Waals surface area contributed by atoms with Gasteiger partial charge in [0.05, 0.1) is 11.5 Å². The molecule has 124 valence electrons. The van der Waals surface area contributed by atoms with Crippen molar-refractivity contribution in [3.63, 3.8) is 0 Å². The molecule has 0 aromatic heterocycles. The number of carbonyl (C=O) groups excluding carboxylic acids is 2. The topological polar surface area (TPSA) is 109 Å². The van der Waals surface area contributed by atoms with E-state index in [0.29, 0.717) is 6.07 Å². The SMILES string of the molecule is CC(=O)C(C(=O)O)C(C(=O)C(=O)O)c1ccccc1C(F)(F)F. The third-order valence-electron chi connectivity index (χ3n) is 3.13. The molecule has 0 bridgehead atoms. The van der Waals surface area contributed by atoms with E-state index in [0.717, 1.165) is 25.1 Å². The lowest BCUT2D eigenvalue weighted by molar-refractivity contribution is -0.155. The lowest BCUT2D eigenvalue weighted by Gasteiger charge is -2.23. The molecule has 0 aliphatic carbocycles. The van der Waals surface area contributed by atoms with Crippen LogP contribution in [0.2, 0.25) is 0 Å². The maximum Gasteiger partial charge on any atom is 0.416 e. The normalized spacial score (nSPS) is 13.9. The minimum Gasteiger partial charge on any atom is -0.481 e. The van der Waals surface area contributed by atoms with E-state index < -0.39 is 52.6 Å². The van der Waals surface area contributed by atoms with Crippen LogP contribution < -0.4 is 0 Å². The summed E-state index contributed by atoms with van der Waals surface area (Å²) in [5.41, 5.74) is -2.23. The molecular formula is C14H11F3O6. The first kappa shape index (κ1) is 18.3. The molecule has 1 rings (SSSR count). The summed E-state index contributed by atoms with van der Waals surface area (Å²) in [4.78, 5) is 45.4. The number of benzene rings is 1. The molecule has 2 unspecified atom stereocenters. The van der Waals surface area contributed by atoms with Crippen LogP contribution >= 0.6 is 0 Å². The summed E-state index contributed by atoms with van der Waals surface area (Å²) in [6.45, 7) is 0.761. The van der Waals surface area contributed by atoms with E-state index in [4.69, 9.17) is 10.2 Å². The second-order valence-electron chi connectivity index (χ2n) is 4.66. The number of hydrogen-bond acceptors (Lipinski definition) is 4. The number of carbonyl (C=O) groups is 4. The minimum absolute atomic E-state index is 0.580. The Kier molecular flexibility index (Phi) is 5.26. The highest BCUT2D eigenvalue weighted by Crippen LogP contribution is 2.38. The molecule has 1 aromatic carbocycles. The van der Waals surface area contributed by atoms with Gasteiger partial charge < -0.3 is 10.2 Å². The average molecular weight is 332 g/mol. The Bertz CT molecular complexity index is 651. The second kappa shape index (κ2) is 6.59. The van der Waals surface area contributed by atoms with E-state index >= 15 is 0 Å². The van der Waals surface area contributed by atoms with Crippen molar-refractivity contribution in [2.45, 2.75) is 19.0 Å². The smallest absolute Gasteiger partial charge is 0.416 e. The average Bonchev–Trinajstić information content (AvgIpc) is 2.41. The van der Waals surface area contributed by atoms with Gasteiger partial charge in [0.2, 0.25) is 5.78 Å². The van der Waals surface area contributed by atoms with Gasteiger partial charge in [0.25, 0.3) is 0 Å². The van der Waals surface area contributed by atoms with Crippen molar-refractivity contribution in [2.24, 2.45) is 5.92 Å². The molecule has 2 atom stereocenters. The summed E-state index contributed by atoms with van der Waals surface area (Å²) in [5, 5.41) is 17.8. The van der Waals surface area contributed by atoms with Crippen molar-refractivity contribution in [1.82, 2.24) is 0 Å². The first-order valence-corrected chi connectivity index (χ1v) is 6.15. The molecule has 0 amide bonds. The molecule has 0 fully saturated rings. The van der Waals surface area contributed by atoms with Crippen molar-refractivity contribution < 1.29 is 42.6 Å². The van der Waals surface area contributed by atoms with Crippen molar-refractivity contribution in [2.75, 3.05) is 0 Å². The Morgan fingerprint density at radius 2 is 1.57 bits per heavy atom. The Balaban J connectivity index is 3.67. The van der Waals surface area contributed by atoms with E-state index in [2.05, 4.69) is 0 Å². The molecule has 6 nitrogen and oxygen atoms in total. The molecule has 0 spiro atoms. The van der Waals surface area contributed by atoms with Gasteiger partial charge in [-0.15, -0.1) is 0 Å². The Labute approximate surface area is 127 Å². The maximum absolute atomic E-state index is 13.0. The van der Waals surface area contributed by atoms with Crippen LogP contribution in [-0.2, 0) is 25.4 Å². The first-order chi connectivity index (χ1) is 10.5. The zero-order chi connectivity index (χ0) is 17.9. The van der Waals surface area contributed by atoms with Gasteiger partial charge in [0, 0.05) is 0 Å². The highest BCUT2D eigenvalue weighted by atomic mass is 19.4.